The van der Waals surface area contributed by atoms with E-state index in [-0.39, 0.29) is 11.9 Å². The van der Waals surface area contributed by atoms with E-state index in [1.54, 1.807) is 11.3 Å². The molecule has 1 N–H and O–H groups in total. The second-order valence-corrected chi connectivity index (χ2v) is 7.13. The van der Waals surface area contributed by atoms with Crippen LogP contribution in [0.2, 0.25) is 0 Å². The first-order valence-electron chi connectivity index (χ1n) is 7.50. The first kappa shape index (κ1) is 14.3. The molecular weight excluding hydrogens is 282 g/mol. The predicted octanol–water partition coefficient (Wildman–Crippen LogP) is 3.38. The second-order valence-electron chi connectivity index (χ2n) is 5.75. The van der Waals surface area contributed by atoms with Crippen LogP contribution in [0.4, 0.5) is 0 Å². The van der Waals surface area contributed by atoms with E-state index in [0.717, 1.165) is 35.5 Å². The van der Waals surface area contributed by atoms with E-state index >= 15 is 0 Å². The van der Waals surface area contributed by atoms with Gasteiger partial charge in [0.15, 0.2) is 0 Å². The van der Waals surface area contributed by atoms with Gasteiger partial charge in [-0.15, -0.1) is 11.3 Å². The van der Waals surface area contributed by atoms with Gasteiger partial charge in [0.2, 0.25) is 5.91 Å². The highest BCUT2D eigenvalue weighted by Crippen LogP contribution is 2.32. The minimum Gasteiger partial charge on any atom is -0.334 e. The quantitative estimate of drug-likeness (QED) is 0.945. The number of amides is 1. The molecule has 2 aromatic rings. The molecule has 3 rings (SSSR count). The number of nitrogens with one attached hydrogen (secondary N) is 1. The zero-order valence-electron chi connectivity index (χ0n) is 12.6. The van der Waals surface area contributed by atoms with Crippen LogP contribution in [0.3, 0.4) is 0 Å². The molecule has 3 heterocycles. The molecule has 2 aromatic heterocycles. The Morgan fingerprint density at radius 3 is 2.95 bits per heavy atom. The summed E-state index contributed by atoms with van der Waals surface area (Å²) in [4.78, 5) is 17.1. The number of nitrogens with zero attached hydrogens (tertiary/aromatic N) is 2. The van der Waals surface area contributed by atoms with Crippen molar-refractivity contribution in [2.24, 2.45) is 0 Å². The van der Waals surface area contributed by atoms with E-state index in [1.807, 2.05) is 11.1 Å². The Balaban J connectivity index is 1.77. The topological polar surface area (TPSA) is 49.0 Å². The fraction of sp³-hybridized carbons (Fsp3) is 0.500. The van der Waals surface area contributed by atoms with Crippen molar-refractivity contribution in [2.75, 3.05) is 6.54 Å². The summed E-state index contributed by atoms with van der Waals surface area (Å²) in [5, 5.41) is 7.20. The zero-order valence-corrected chi connectivity index (χ0v) is 13.4. The molecule has 0 aliphatic carbocycles. The summed E-state index contributed by atoms with van der Waals surface area (Å²) in [6.45, 7) is 4.99. The summed E-state index contributed by atoms with van der Waals surface area (Å²) in [5.74, 6) is 0.232. The molecule has 0 unspecified atom stereocenters. The van der Waals surface area contributed by atoms with Gasteiger partial charge in [-0.3, -0.25) is 9.89 Å². The normalized spacial score (nSPS) is 19.0. The SMILES string of the molecule is Cc1ccc(CC(=O)N2CCCC[C@H]2c2[nH]ncc2C)s1. The molecule has 1 atom stereocenters. The summed E-state index contributed by atoms with van der Waals surface area (Å²) >= 11 is 1.71. The maximum atomic E-state index is 12.7. The molecule has 1 amide bonds. The minimum absolute atomic E-state index is 0.162. The lowest BCUT2D eigenvalue weighted by atomic mass is 9.97. The molecule has 21 heavy (non-hydrogen) atoms. The van der Waals surface area contributed by atoms with Gasteiger partial charge in [0.1, 0.15) is 0 Å². The van der Waals surface area contributed by atoms with E-state index in [4.69, 9.17) is 0 Å². The molecule has 5 heteroatoms. The zero-order chi connectivity index (χ0) is 14.8. The number of thiophene rings is 1. The van der Waals surface area contributed by atoms with Gasteiger partial charge in [-0.2, -0.15) is 5.10 Å². The van der Waals surface area contributed by atoms with Crippen molar-refractivity contribution in [2.45, 2.75) is 45.6 Å². The number of aromatic amines is 1. The van der Waals surface area contributed by atoms with Crippen LogP contribution in [0.15, 0.2) is 18.3 Å². The summed E-state index contributed by atoms with van der Waals surface area (Å²) in [6.07, 6.45) is 5.65. The number of piperidine rings is 1. The van der Waals surface area contributed by atoms with E-state index in [9.17, 15) is 4.79 Å². The standard InChI is InChI=1S/C16H21N3OS/c1-11-10-17-18-16(11)14-5-3-4-8-19(14)15(20)9-13-7-6-12(2)21-13/h6-7,10,14H,3-5,8-9H2,1-2H3,(H,17,18)/t14-/m0/s1. The molecular formula is C16H21N3OS. The van der Waals surface area contributed by atoms with Crippen molar-refractivity contribution in [3.8, 4) is 0 Å². The van der Waals surface area contributed by atoms with Crippen LogP contribution in [-0.4, -0.2) is 27.5 Å². The molecule has 0 bridgehead atoms. The smallest absolute Gasteiger partial charge is 0.228 e. The number of carbonyl (C=O) groups is 1. The van der Waals surface area contributed by atoms with Gasteiger partial charge in [-0.1, -0.05) is 0 Å². The highest BCUT2D eigenvalue weighted by molar-refractivity contribution is 7.12. The first-order valence-corrected chi connectivity index (χ1v) is 8.31. The van der Waals surface area contributed by atoms with Gasteiger partial charge in [0.05, 0.1) is 24.4 Å². The van der Waals surface area contributed by atoms with Crippen LogP contribution in [0.5, 0.6) is 0 Å². The monoisotopic (exact) mass is 303 g/mol. The highest BCUT2D eigenvalue weighted by Gasteiger charge is 2.30. The molecule has 4 nitrogen and oxygen atoms in total. The summed E-state index contributed by atoms with van der Waals surface area (Å²) < 4.78 is 0. The maximum Gasteiger partial charge on any atom is 0.228 e. The van der Waals surface area contributed by atoms with Gasteiger partial charge >= 0.3 is 0 Å². The number of likely N-dealkylation sites (tertiary alicyclic amines) is 1. The lowest BCUT2D eigenvalue weighted by Gasteiger charge is -2.35. The molecule has 0 saturated carbocycles. The Labute approximate surface area is 129 Å². The molecule has 0 spiro atoms. The van der Waals surface area contributed by atoms with Crippen molar-refractivity contribution in [1.29, 1.82) is 0 Å². The van der Waals surface area contributed by atoms with Gasteiger partial charge in [0.25, 0.3) is 0 Å². The molecule has 112 valence electrons. The van der Waals surface area contributed by atoms with Gasteiger partial charge in [0, 0.05) is 16.3 Å². The number of hydrogen-bond donors (Lipinski definition) is 1. The van der Waals surface area contributed by atoms with E-state index in [0.29, 0.717) is 6.42 Å². The van der Waals surface area contributed by atoms with E-state index < -0.39 is 0 Å². The Hall–Kier alpha value is -1.62. The van der Waals surface area contributed by atoms with Crippen LogP contribution >= 0.6 is 11.3 Å². The Morgan fingerprint density at radius 1 is 1.43 bits per heavy atom. The molecule has 1 aliphatic rings. The number of aromatic nitrogens is 2. The second kappa shape index (κ2) is 6.02. The van der Waals surface area contributed by atoms with Gasteiger partial charge in [-0.05, 0) is 50.8 Å². The van der Waals surface area contributed by atoms with Gasteiger partial charge in [-0.25, -0.2) is 0 Å². The Morgan fingerprint density at radius 2 is 2.29 bits per heavy atom. The van der Waals surface area contributed by atoms with Crippen LogP contribution in [0.25, 0.3) is 0 Å². The van der Waals surface area contributed by atoms with Crippen molar-refractivity contribution in [3.63, 3.8) is 0 Å². The molecule has 0 radical (unpaired) electrons. The number of carbonyl (C=O) groups excluding carboxylic acids is 1. The fourth-order valence-electron chi connectivity index (χ4n) is 3.05. The average molecular weight is 303 g/mol. The third-order valence-corrected chi connectivity index (χ3v) is 5.15. The van der Waals surface area contributed by atoms with Crippen molar-refractivity contribution in [3.05, 3.63) is 39.3 Å². The molecule has 1 fully saturated rings. The van der Waals surface area contributed by atoms with Crippen molar-refractivity contribution >= 4 is 17.2 Å². The largest absolute Gasteiger partial charge is 0.334 e. The maximum absolute atomic E-state index is 12.7. The minimum atomic E-state index is 0.162. The first-order chi connectivity index (χ1) is 10.1. The third kappa shape index (κ3) is 3.02. The number of H-pyrrole nitrogens is 1. The van der Waals surface area contributed by atoms with E-state index in [2.05, 4.69) is 36.2 Å². The van der Waals surface area contributed by atoms with E-state index in [1.165, 1.54) is 11.3 Å². The molecule has 0 aromatic carbocycles. The lowest BCUT2D eigenvalue weighted by molar-refractivity contribution is -0.134. The Bertz CT molecular complexity index is 631. The number of hydrogen-bond acceptors (Lipinski definition) is 3. The summed E-state index contributed by atoms with van der Waals surface area (Å²) in [5.41, 5.74) is 2.25. The van der Waals surface area contributed by atoms with Crippen LogP contribution in [-0.2, 0) is 11.2 Å². The van der Waals surface area contributed by atoms with Crippen LogP contribution in [0, 0.1) is 13.8 Å². The van der Waals surface area contributed by atoms with Crippen LogP contribution < -0.4 is 0 Å². The fourth-order valence-corrected chi connectivity index (χ4v) is 3.94. The van der Waals surface area contributed by atoms with Gasteiger partial charge < -0.3 is 4.90 Å². The average Bonchev–Trinajstić information content (AvgIpc) is 3.07. The summed E-state index contributed by atoms with van der Waals surface area (Å²) in [7, 11) is 0. The summed E-state index contributed by atoms with van der Waals surface area (Å²) in [6, 6.07) is 4.31. The molecule has 1 aliphatic heterocycles. The van der Waals surface area contributed by atoms with Crippen molar-refractivity contribution < 1.29 is 4.79 Å². The molecule has 1 saturated heterocycles. The Kier molecular flexibility index (Phi) is 4.10. The number of rotatable bonds is 3. The highest BCUT2D eigenvalue weighted by atomic mass is 32.1. The van der Waals surface area contributed by atoms with Crippen LogP contribution in [0.1, 0.15) is 46.3 Å². The predicted molar refractivity (Wildman–Crippen MR) is 84.4 cm³/mol. The van der Waals surface area contributed by atoms with Crippen molar-refractivity contribution in [1.82, 2.24) is 15.1 Å². The number of aryl methyl sites for hydroxylation is 2. The third-order valence-electron chi connectivity index (χ3n) is 4.15. The lowest BCUT2D eigenvalue weighted by Crippen LogP contribution is -2.39.